The van der Waals surface area contributed by atoms with E-state index in [1.807, 2.05) is 54.6 Å². The monoisotopic (exact) mass is 469 g/mol. The van der Waals surface area contributed by atoms with Crippen molar-refractivity contribution in [3.05, 3.63) is 84.3 Å². The van der Waals surface area contributed by atoms with E-state index < -0.39 is 10.0 Å². The van der Waals surface area contributed by atoms with Crippen LogP contribution < -0.4 is 14.4 Å². The van der Waals surface area contributed by atoms with Crippen LogP contribution in [0.2, 0.25) is 0 Å². The Bertz CT molecular complexity index is 1080. The molecule has 0 saturated carbocycles. The van der Waals surface area contributed by atoms with Gasteiger partial charge >= 0.3 is 0 Å². The summed E-state index contributed by atoms with van der Waals surface area (Å²) in [5, 5.41) is 0. The fraction of sp³-hybridized carbons (Fsp3) is 0.360. The number of nitrogens with zero attached hydrogens (tertiary/aromatic N) is 2. The Labute approximate surface area is 196 Å². The van der Waals surface area contributed by atoms with E-state index in [1.54, 1.807) is 13.4 Å². The first-order valence-electron chi connectivity index (χ1n) is 11.2. The standard InChI is InChI=1S/C25H31N3O4S/c1-31-23-11-9-22(10-12-23)27-14-16-28(17-15-27)24(25-8-5-18-32-25)20-26-33(29,30)19-13-21-6-3-2-4-7-21/h2-12,18,24,26H,13-17,19-20H2,1H3. The highest BCUT2D eigenvalue weighted by Gasteiger charge is 2.28. The van der Waals surface area contributed by atoms with Crippen LogP contribution in [-0.2, 0) is 16.4 Å². The van der Waals surface area contributed by atoms with Crippen LogP contribution in [0.5, 0.6) is 5.75 Å². The third-order valence-electron chi connectivity index (χ3n) is 6.06. The van der Waals surface area contributed by atoms with Gasteiger partial charge in [-0.15, -0.1) is 0 Å². The maximum absolute atomic E-state index is 12.7. The van der Waals surface area contributed by atoms with Crippen molar-refractivity contribution >= 4 is 15.7 Å². The molecule has 2 heterocycles. The van der Waals surface area contributed by atoms with Gasteiger partial charge in [0.15, 0.2) is 0 Å². The van der Waals surface area contributed by atoms with Crippen molar-refractivity contribution in [2.24, 2.45) is 0 Å². The number of ether oxygens (including phenoxy) is 1. The highest BCUT2D eigenvalue weighted by atomic mass is 32.2. The second-order valence-electron chi connectivity index (χ2n) is 8.16. The maximum atomic E-state index is 12.7. The molecule has 7 nitrogen and oxygen atoms in total. The molecule has 1 fully saturated rings. The van der Waals surface area contributed by atoms with E-state index in [0.29, 0.717) is 6.42 Å². The van der Waals surface area contributed by atoms with Gasteiger partial charge in [0.05, 0.1) is 25.2 Å². The first-order valence-corrected chi connectivity index (χ1v) is 12.9. The van der Waals surface area contributed by atoms with Crippen LogP contribution in [0.4, 0.5) is 5.69 Å². The lowest BCUT2D eigenvalue weighted by molar-refractivity contribution is 0.166. The molecule has 0 radical (unpaired) electrons. The predicted molar refractivity (Wildman–Crippen MR) is 130 cm³/mol. The molecule has 4 rings (SSSR count). The summed E-state index contributed by atoms with van der Waals surface area (Å²) >= 11 is 0. The molecular formula is C25H31N3O4S. The van der Waals surface area contributed by atoms with Gasteiger partial charge in [0, 0.05) is 38.4 Å². The van der Waals surface area contributed by atoms with Gasteiger partial charge in [0.2, 0.25) is 10.0 Å². The van der Waals surface area contributed by atoms with Crippen molar-refractivity contribution in [3.8, 4) is 5.75 Å². The summed E-state index contributed by atoms with van der Waals surface area (Å²) in [5.74, 6) is 1.68. The molecule has 1 aliphatic rings. The maximum Gasteiger partial charge on any atom is 0.211 e. The van der Waals surface area contributed by atoms with Crippen LogP contribution in [0.1, 0.15) is 17.4 Å². The topological polar surface area (TPSA) is 75.0 Å². The molecule has 1 atom stereocenters. The van der Waals surface area contributed by atoms with Gasteiger partial charge in [-0.2, -0.15) is 0 Å². The Kier molecular flexibility index (Phi) is 7.69. The van der Waals surface area contributed by atoms with Crippen molar-refractivity contribution in [2.75, 3.05) is 50.5 Å². The minimum atomic E-state index is -3.41. The Morgan fingerprint density at radius 2 is 1.70 bits per heavy atom. The van der Waals surface area contributed by atoms with Crippen LogP contribution in [-0.4, -0.2) is 58.9 Å². The number of piperazine rings is 1. The fourth-order valence-corrected chi connectivity index (χ4v) is 5.21. The highest BCUT2D eigenvalue weighted by Crippen LogP contribution is 2.25. The summed E-state index contributed by atoms with van der Waals surface area (Å²) in [5.41, 5.74) is 2.17. The lowest BCUT2D eigenvalue weighted by Gasteiger charge is -2.39. The molecule has 0 aliphatic carbocycles. The van der Waals surface area contributed by atoms with Crippen LogP contribution in [0.15, 0.2) is 77.4 Å². The largest absolute Gasteiger partial charge is 0.497 e. The predicted octanol–water partition coefficient (Wildman–Crippen LogP) is 3.31. The molecule has 0 bridgehead atoms. The fourth-order valence-electron chi connectivity index (χ4n) is 4.15. The van der Waals surface area contributed by atoms with Crippen LogP contribution in [0, 0.1) is 0 Å². The Morgan fingerprint density at radius 1 is 0.970 bits per heavy atom. The number of sulfonamides is 1. The number of anilines is 1. The third kappa shape index (κ3) is 6.37. The lowest BCUT2D eigenvalue weighted by Crippen LogP contribution is -2.50. The minimum Gasteiger partial charge on any atom is -0.497 e. The number of rotatable bonds is 10. The smallest absolute Gasteiger partial charge is 0.211 e. The molecule has 176 valence electrons. The zero-order valence-electron chi connectivity index (χ0n) is 18.9. The zero-order valence-corrected chi connectivity index (χ0v) is 19.7. The van der Waals surface area contributed by atoms with Gasteiger partial charge in [-0.25, -0.2) is 13.1 Å². The SMILES string of the molecule is COc1ccc(N2CCN(C(CNS(=O)(=O)CCc3ccccc3)c3ccco3)CC2)cc1. The highest BCUT2D eigenvalue weighted by molar-refractivity contribution is 7.89. The first-order chi connectivity index (χ1) is 16.0. The molecule has 1 N–H and O–H groups in total. The lowest BCUT2D eigenvalue weighted by atomic mass is 10.1. The van der Waals surface area contributed by atoms with E-state index in [2.05, 4.69) is 26.7 Å². The molecule has 33 heavy (non-hydrogen) atoms. The van der Waals surface area contributed by atoms with E-state index in [-0.39, 0.29) is 18.3 Å². The van der Waals surface area contributed by atoms with Gasteiger partial charge in [-0.1, -0.05) is 30.3 Å². The molecule has 1 aromatic heterocycles. The van der Waals surface area contributed by atoms with Crippen molar-refractivity contribution in [2.45, 2.75) is 12.5 Å². The zero-order chi connectivity index (χ0) is 23.1. The number of methoxy groups -OCH3 is 1. The summed E-state index contributed by atoms with van der Waals surface area (Å²) in [6.45, 7) is 3.61. The van der Waals surface area contributed by atoms with Crippen LogP contribution >= 0.6 is 0 Å². The molecule has 1 unspecified atom stereocenters. The van der Waals surface area contributed by atoms with E-state index in [4.69, 9.17) is 9.15 Å². The normalized spacial score (nSPS) is 16.0. The van der Waals surface area contributed by atoms with E-state index in [0.717, 1.165) is 48.9 Å². The Morgan fingerprint density at radius 3 is 2.33 bits per heavy atom. The summed E-state index contributed by atoms with van der Waals surface area (Å²) < 4.78 is 39.1. The average molecular weight is 470 g/mol. The Balaban J connectivity index is 1.36. The summed E-state index contributed by atoms with van der Waals surface area (Å²) in [4.78, 5) is 4.62. The number of hydrogen-bond donors (Lipinski definition) is 1. The second kappa shape index (κ2) is 10.9. The van der Waals surface area contributed by atoms with Gasteiger partial charge in [-0.3, -0.25) is 4.90 Å². The first kappa shape index (κ1) is 23.4. The third-order valence-corrected chi connectivity index (χ3v) is 7.41. The number of furan rings is 1. The molecule has 3 aromatic rings. The molecular weight excluding hydrogens is 438 g/mol. The van der Waals surface area contributed by atoms with Crippen molar-refractivity contribution in [1.29, 1.82) is 0 Å². The number of hydrogen-bond acceptors (Lipinski definition) is 6. The summed E-state index contributed by atoms with van der Waals surface area (Å²) in [6.07, 6.45) is 2.13. The number of nitrogens with one attached hydrogen (secondary N) is 1. The number of aryl methyl sites for hydroxylation is 1. The summed E-state index contributed by atoms with van der Waals surface area (Å²) in [6, 6.07) is 21.4. The van der Waals surface area contributed by atoms with E-state index in [9.17, 15) is 8.42 Å². The number of benzene rings is 2. The summed E-state index contributed by atoms with van der Waals surface area (Å²) in [7, 11) is -1.74. The van der Waals surface area contributed by atoms with E-state index >= 15 is 0 Å². The van der Waals surface area contributed by atoms with E-state index in [1.165, 1.54) is 0 Å². The minimum absolute atomic E-state index is 0.0626. The van der Waals surface area contributed by atoms with Crippen LogP contribution in [0.3, 0.4) is 0 Å². The van der Waals surface area contributed by atoms with Crippen molar-refractivity contribution < 1.29 is 17.6 Å². The molecule has 0 spiro atoms. The van der Waals surface area contributed by atoms with Gasteiger partial charge in [-0.05, 0) is 48.4 Å². The quantitative estimate of drug-likeness (QED) is 0.491. The molecule has 1 aliphatic heterocycles. The Hall–Kier alpha value is -2.81. The molecule has 0 amide bonds. The van der Waals surface area contributed by atoms with Crippen LogP contribution in [0.25, 0.3) is 0 Å². The van der Waals surface area contributed by atoms with Gasteiger partial charge in [0.25, 0.3) is 0 Å². The van der Waals surface area contributed by atoms with Crippen molar-refractivity contribution in [3.63, 3.8) is 0 Å². The average Bonchev–Trinajstić information content (AvgIpc) is 3.39. The second-order valence-corrected chi connectivity index (χ2v) is 10.1. The molecule has 1 saturated heterocycles. The van der Waals surface area contributed by atoms with Gasteiger partial charge < -0.3 is 14.1 Å². The molecule has 2 aromatic carbocycles. The van der Waals surface area contributed by atoms with Gasteiger partial charge in [0.1, 0.15) is 11.5 Å². The molecule has 8 heteroatoms. The van der Waals surface area contributed by atoms with Crippen molar-refractivity contribution in [1.82, 2.24) is 9.62 Å².